The smallest absolute Gasteiger partial charge is 0.469 e. The van der Waals surface area contributed by atoms with Crippen LogP contribution < -0.4 is 5.73 Å². The van der Waals surface area contributed by atoms with E-state index in [-0.39, 0.29) is 31.4 Å². The molecular weight excluding hydrogens is 806 g/mol. The zero-order chi connectivity index (χ0) is 44.5. The monoisotopic (exact) mass is 881 g/mol. The number of phosphoric ester groups is 1. The number of phosphoric acid groups is 1. The molecule has 4 atom stereocenters. The number of allylic oxidation sites excluding steroid dienone is 13. The first-order valence-corrected chi connectivity index (χ1v) is 24.4. The summed E-state index contributed by atoms with van der Waals surface area (Å²) < 4.78 is 26.4. The van der Waals surface area contributed by atoms with Crippen LogP contribution >= 0.6 is 19.6 Å². The van der Waals surface area contributed by atoms with E-state index in [0.29, 0.717) is 12.8 Å². The van der Waals surface area contributed by atoms with E-state index < -0.39 is 62.4 Å². The van der Waals surface area contributed by atoms with E-state index in [1.54, 1.807) is 12.2 Å². The van der Waals surface area contributed by atoms with E-state index in [4.69, 9.17) is 20.3 Å². The van der Waals surface area contributed by atoms with Gasteiger partial charge in [-0.3, -0.25) is 18.9 Å². The van der Waals surface area contributed by atoms with Crippen LogP contribution in [0.1, 0.15) is 142 Å². The number of ether oxygens (including phenoxy) is 2. The Morgan fingerprint density at radius 3 is 1.87 bits per heavy atom. The zero-order valence-electron chi connectivity index (χ0n) is 36.2. The Morgan fingerprint density at radius 1 is 0.683 bits per heavy atom. The predicted molar refractivity (Wildman–Crippen MR) is 244 cm³/mol. The van der Waals surface area contributed by atoms with Crippen LogP contribution in [0.25, 0.3) is 0 Å². The molecule has 12 nitrogen and oxygen atoms in total. The van der Waals surface area contributed by atoms with Crippen LogP contribution in [0.5, 0.6) is 0 Å². The second-order valence-electron chi connectivity index (χ2n) is 14.5. The third kappa shape index (κ3) is 39.1. The lowest BCUT2D eigenvalue weighted by Crippen LogP contribution is -2.38. The fourth-order valence-corrected chi connectivity index (χ4v) is 6.96. The van der Waals surface area contributed by atoms with Crippen molar-refractivity contribution < 1.29 is 52.9 Å². The summed E-state index contributed by atoms with van der Waals surface area (Å²) in [7, 11) is -4.91. The van der Waals surface area contributed by atoms with Crippen LogP contribution in [0.15, 0.2) is 85.1 Å². The summed E-state index contributed by atoms with van der Waals surface area (Å²) in [5, 5.41) is 19.3. The third-order valence-electron chi connectivity index (χ3n) is 8.88. The van der Waals surface area contributed by atoms with Gasteiger partial charge in [0.15, 0.2) is 6.10 Å². The number of rotatable bonds is 39. The highest BCUT2D eigenvalue weighted by molar-refractivity contribution is 8.00. The van der Waals surface area contributed by atoms with Gasteiger partial charge in [0.25, 0.3) is 0 Å². The Balaban J connectivity index is 4.91. The van der Waals surface area contributed by atoms with Crippen molar-refractivity contribution in [1.82, 2.24) is 0 Å². The molecule has 0 bridgehead atoms. The third-order valence-corrected chi connectivity index (χ3v) is 10.8. The Hall–Kier alpha value is -3.03. The van der Waals surface area contributed by atoms with E-state index >= 15 is 0 Å². The molecule has 0 saturated carbocycles. The normalized spacial score (nSPS) is 14.8. The molecule has 6 N–H and O–H groups in total. The molecule has 0 heterocycles. The molecule has 0 aromatic carbocycles. The molecule has 0 aromatic rings. The maximum Gasteiger partial charge on any atom is 0.469 e. The molecule has 0 unspecified atom stereocenters. The molecule has 14 heteroatoms. The summed E-state index contributed by atoms with van der Waals surface area (Å²) in [4.78, 5) is 54.7. The van der Waals surface area contributed by atoms with E-state index in [9.17, 15) is 33.8 Å². The van der Waals surface area contributed by atoms with Gasteiger partial charge in [0.2, 0.25) is 0 Å². The van der Waals surface area contributed by atoms with Crippen LogP contribution in [-0.2, 0) is 32.9 Å². The van der Waals surface area contributed by atoms with Crippen molar-refractivity contribution in [2.75, 3.05) is 19.0 Å². The average Bonchev–Trinajstić information content (AvgIpc) is 3.20. The summed E-state index contributed by atoms with van der Waals surface area (Å²) in [6.07, 6.45) is 43.6. The van der Waals surface area contributed by atoms with Crippen molar-refractivity contribution in [1.29, 1.82) is 0 Å². The van der Waals surface area contributed by atoms with Gasteiger partial charge in [0, 0.05) is 23.8 Å². The lowest BCUT2D eigenvalue weighted by atomic mass is 10.1. The number of carbonyl (C=O) groups is 3. The summed E-state index contributed by atoms with van der Waals surface area (Å²) in [6, 6.07) is -1.15. The summed E-state index contributed by atoms with van der Waals surface area (Å²) in [5.41, 5.74) is 6.10. The second-order valence-corrected chi connectivity index (χ2v) is 17.0. The number of aliphatic hydroxyl groups is 1. The average molecular weight is 882 g/mol. The summed E-state index contributed by atoms with van der Waals surface area (Å²) in [5.74, 6) is -2.43. The maximum absolute atomic E-state index is 12.8. The number of esters is 2. The highest BCUT2D eigenvalue weighted by Gasteiger charge is 2.26. The van der Waals surface area contributed by atoms with Gasteiger partial charge in [-0.2, -0.15) is 0 Å². The number of carbonyl (C=O) groups excluding carboxylic acids is 2. The summed E-state index contributed by atoms with van der Waals surface area (Å²) in [6.45, 7) is 3.16. The van der Waals surface area contributed by atoms with Gasteiger partial charge in [0.05, 0.1) is 12.7 Å². The van der Waals surface area contributed by atoms with Gasteiger partial charge >= 0.3 is 25.7 Å². The van der Waals surface area contributed by atoms with Crippen LogP contribution in [-0.4, -0.2) is 80.4 Å². The maximum atomic E-state index is 12.8. The quantitative estimate of drug-likeness (QED) is 0.0128. The number of thioether (sulfide) groups is 1. The van der Waals surface area contributed by atoms with Gasteiger partial charge in [-0.15, -0.1) is 11.8 Å². The number of hydrogen-bond acceptors (Lipinski definition) is 10. The van der Waals surface area contributed by atoms with E-state index in [2.05, 4.69) is 54.8 Å². The molecule has 0 aromatic heterocycles. The van der Waals surface area contributed by atoms with Crippen molar-refractivity contribution in [3.05, 3.63) is 85.1 Å². The Kier molecular flexibility index (Phi) is 38.0. The molecule has 0 rings (SSSR count). The number of nitrogens with two attached hydrogens (primary N) is 1. The first kappa shape index (κ1) is 57.0. The van der Waals surface area contributed by atoms with Crippen molar-refractivity contribution >= 4 is 37.5 Å². The molecular formula is C46H76NO11PS. The number of aliphatic carboxylic acids is 1. The second kappa shape index (κ2) is 40.1. The zero-order valence-corrected chi connectivity index (χ0v) is 37.9. The van der Waals surface area contributed by atoms with Crippen LogP contribution in [0.4, 0.5) is 0 Å². The van der Waals surface area contributed by atoms with Gasteiger partial charge in [-0.25, -0.2) is 4.57 Å². The highest BCUT2D eigenvalue weighted by atomic mass is 32.2. The van der Waals surface area contributed by atoms with E-state index in [1.807, 2.05) is 36.5 Å². The molecule has 0 aliphatic rings. The first-order valence-electron chi connectivity index (χ1n) is 21.8. The molecule has 0 fully saturated rings. The topological polar surface area (TPSA) is 203 Å². The number of aliphatic hydroxyl groups excluding tert-OH is 1. The number of unbranched alkanes of at least 4 members (excludes halogenated alkanes) is 10. The number of carboxylic acids is 1. The van der Waals surface area contributed by atoms with Gasteiger partial charge in [0.1, 0.15) is 12.6 Å². The molecule has 0 amide bonds. The fraction of sp³-hybridized carbons (Fsp3) is 0.630. The molecule has 0 saturated heterocycles. The van der Waals surface area contributed by atoms with Gasteiger partial charge in [-0.1, -0.05) is 144 Å². The lowest BCUT2D eigenvalue weighted by molar-refractivity contribution is -0.161. The van der Waals surface area contributed by atoms with Crippen molar-refractivity contribution in [3.63, 3.8) is 0 Å². The largest absolute Gasteiger partial charge is 0.481 e. The van der Waals surface area contributed by atoms with E-state index in [1.165, 1.54) is 69.5 Å². The van der Waals surface area contributed by atoms with Crippen molar-refractivity contribution in [3.8, 4) is 0 Å². The number of hydrogen-bond donors (Lipinski definition) is 5. The number of carboxylic acid groups (broad SMARTS) is 1. The van der Waals surface area contributed by atoms with Crippen LogP contribution in [0, 0.1) is 0 Å². The Morgan fingerprint density at radius 2 is 1.23 bits per heavy atom. The molecule has 0 spiro atoms. The molecule has 342 valence electrons. The first-order chi connectivity index (χ1) is 28.9. The minimum atomic E-state index is -4.91. The minimum absolute atomic E-state index is 0.0289. The van der Waals surface area contributed by atoms with Gasteiger partial charge in [-0.05, 0) is 70.6 Å². The molecule has 0 radical (unpaired) electrons. The predicted octanol–water partition coefficient (Wildman–Crippen LogP) is 10.2. The van der Waals surface area contributed by atoms with E-state index in [0.717, 1.165) is 32.1 Å². The Bertz CT molecular complexity index is 1370. The van der Waals surface area contributed by atoms with Crippen LogP contribution in [0.3, 0.4) is 0 Å². The highest BCUT2D eigenvalue weighted by Crippen LogP contribution is 2.36. The molecule has 0 aliphatic carbocycles. The standard InChI is InChI=1S/C46H76NO11PS/c1-3-5-7-9-11-13-15-17-18-19-20-21-23-25-27-29-31-36-45(51)58-40(38-57-59(53,54)55)37-56-46(52)41(47)39-60-43(42(48)33-32-35-44(49)50)34-30-28-26-24-22-16-14-12-10-8-6-4-2/h12,14,17-18,20-22,24-28,30,34,40-43,48H,3-11,13,15-16,19,23,29,31-33,35-39,47H2,1-2H3,(H,49,50)(H2,53,54,55)/b14-12-,18-17-,21-20-,24-22-,27-25-,28-26+,34-30+/t40-,41+,42+,43-/m1/s1. The fourth-order valence-electron chi connectivity index (χ4n) is 5.48. The van der Waals surface area contributed by atoms with Crippen LogP contribution in [0.2, 0.25) is 0 Å². The minimum Gasteiger partial charge on any atom is -0.481 e. The Labute approximate surface area is 364 Å². The molecule has 0 aliphatic heterocycles. The lowest BCUT2D eigenvalue weighted by Gasteiger charge is -2.22. The SMILES string of the molecule is CCCCC/C=C\C\C=C/C=C/C=C/[C@@H](SC[C@H](N)C(=O)OC[C@H](COP(=O)(O)O)OC(=O)CCC/C=C\C/C=C\C/C=C\CCCCCCCC)[C@@H](O)CCCC(=O)O. The van der Waals surface area contributed by atoms with Crippen molar-refractivity contribution in [2.24, 2.45) is 5.73 Å². The molecule has 60 heavy (non-hydrogen) atoms. The van der Waals surface area contributed by atoms with Crippen molar-refractivity contribution in [2.45, 2.75) is 166 Å². The summed E-state index contributed by atoms with van der Waals surface area (Å²) >= 11 is 1.19. The van der Waals surface area contributed by atoms with Gasteiger partial charge < -0.3 is 35.2 Å².